The molecular formula is C14H9N5O2. The summed E-state index contributed by atoms with van der Waals surface area (Å²) in [4.78, 5) is 15.1. The highest BCUT2D eigenvalue weighted by Crippen LogP contribution is 2.22. The van der Waals surface area contributed by atoms with Gasteiger partial charge in [0.2, 0.25) is 0 Å². The fourth-order valence-electron chi connectivity index (χ4n) is 1.69. The number of aromatic carboxylic acids is 1. The SMILES string of the molecule is N#Cc1ccc(Nc2ncc(N)cc2C(=O)O)cc1C#N. The molecule has 0 amide bonds. The number of aromatic nitrogens is 1. The number of hydrogen-bond acceptors (Lipinski definition) is 6. The Hall–Kier alpha value is -3.58. The zero-order valence-corrected chi connectivity index (χ0v) is 10.7. The molecule has 7 heteroatoms. The predicted octanol–water partition coefficient (Wildman–Crippen LogP) is 1.85. The first-order valence-electron chi connectivity index (χ1n) is 5.75. The van der Waals surface area contributed by atoms with E-state index in [-0.39, 0.29) is 28.2 Å². The lowest BCUT2D eigenvalue weighted by Crippen LogP contribution is -2.06. The standard InChI is InChI=1S/C14H9N5O2/c15-5-8-1-2-11(3-9(8)6-16)19-13-12(14(20)21)4-10(17)7-18-13/h1-4,7H,17H2,(H,18,19)(H,20,21). The van der Waals surface area contributed by atoms with Crippen LogP contribution in [0.2, 0.25) is 0 Å². The average Bonchev–Trinajstić information content (AvgIpc) is 2.48. The van der Waals surface area contributed by atoms with Crippen LogP contribution in [0.15, 0.2) is 30.5 Å². The van der Waals surface area contributed by atoms with Crippen LogP contribution in [0.3, 0.4) is 0 Å². The molecule has 2 rings (SSSR count). The van der Waals surface area contributed by atoms with Crippen LogP contribution in [-0.2, 0) is 0 Å². The van der Waals surface area contributed by atoms with Gasteiger partial charge in [0.15, 0.2) is 0 Å². The minimum absolute atomic E-state index is 0.0853. The van der Waals surface area contributed by atoms with Crippen molar-refractivity contribution in [2.75, 3.05) is 11.1 Å². The Kier molecular flexibility index (Phi) is 3.69. The number of hydrogen-bond donors (Lipinski definition) is 3. The quantitative estimate of drug-likeness (QED) is 0.779. The molecule has 0 aliphatic carbocycles. The lowest BCUT2D eigenvalue weighted by molar-refractivity contribution is 0.0697. The molecule has 0 fully saturated rings. The molecule has 0 atom stereocenters. The monoisotopic (exact) mass is 279 g/mol. The van der Waals surface area contributed by atoms with Gasteiger partial charge in [0, 0.05) is 5.69 Å². The maximum atomic E-state index is 11.2. The van der Waals surface area contributed by atoms with Crippen LogP contribution in [0.5, 0.6) is 0 Å². The van der Waals surface area contributed by atoms with Gasteiger partial charge in [-0.2, -0.15) is 10.5 Å². The van der Waals surface area contributed by atoms with Gasteiger partial charge in [-0.1, -0.05) is 0 Å². The number of anilines is 3. The number of nitrogens with one attached hydrogen (secondary N) is 1. The van der Waals surface area contributed by atoms with E-state index in [2.05, 4.69) is 10.3 Å². The number of benzene rings is 1. The van der Waals surface area contributed by atoms with E-state index < -0.39 is 5.97 Å². The molecule has 0 saturated heterocycles. The molecule has 0 bridgehead atoms. The van der Waals surface area contributed by atoms with Gasteiger partial charge < -0.3 is 16.2 Å². The Morgan fingerprint density at radius 1 is 1.24 bits per heavy atom. The van der Waals surface area contributed by atoms with Crippen LogP contribution in [0.4, 0.5) is 17.2 Å². The summed E-state index contributed by atoms with van der Waals surface area (Å²) in [7, 11) is 0. The molecule has 0 spiro atoms. The van der Waals surface area contributed by atoms with Crippen molar-refractivity contribution in [3.63, 3.8) is 0 Å². The number of nitriles is 2. The molecule has 7 nitrogen and oxygen atoms in total. The highest BCUT2D eigenvalue weighted by atomic mass is 16.4. The van der Waals surface area contributed by atoms with Crippen molar-refractivity contribution in [3.05, 3.63) is 47.2 Å². The van der Waals surface area contributed by atoms with Crippen LogP contribution in [0, 0.1) is 22.7 Å². The molecule has 0 radical (unpaired) electrons. The van der Waals surface area contributed by atoms with Gasteiger partial charge in [-0.25, -0.2) is 9.78 Å². The third-order valence-corrected chi connectivity index (χ3v) is 2.66. The predicted molar refractivity (Wildman–Crippen MR) is 74.8 cm³/mol. The van der Waals surface area contributed by atoms with Crippen molar-refractivity contribution >= 4 is 23.2 Å². The molecule has 0 aliphatic rings. The Balaban J connectivity index is 2.42. The van der Waals surface area contributed by atoms with Crippen LogP contribution >= 0.6 is 0 Å². The molecule has 2 aromatic rings. The van der Waals surface area contributed by atoms with Crippen LogP contribution in [0.1, 0.15) is 21.5 Å². The zero-order chi connectivity index (χ0) is 15.4. The van der Waals surface area contributed by atoms with Crippen LogP contribution in [0.25, 0.3) is 0 Å². The number of rotatable bonds is 3. The first-order valence-corrected chi connectivity index (χ1v) is 5.75. The van der Waals surface area contributed by atoms with E-state index in [1.54, 1.807) is 6.07 Å². The topological polar surface area (TPSA) is 136 Å². The second-order valence-electron chi connectivity index (χ2n) is 4.08. The smallest absolute Gasteiger partial charge is 0.339 e. The van der Waals surface area contributed by atoms with Gasteiger partial charge in [-0.3, -0.25) is 0 Å². The maximum absolute atomic E-state index is 11.2. The molecular weight excluding hydrogens is 270 g/mol. The normalized spacial score (nSPS) is 9.43. The van der Waals surface area contributed by atoms with E-state index in [1.807, 2.05) is 12.1 Å². The van der Waals surface area contributed by atoms with Crippen molar-refractivity contribution in [1.82, 2.24) is 4.98 Å². The minimum atomic E-state index is -1.17. The van der Waals surface area contributed by atoms with Gasteiger partial charge in [0.1, 0.15) is 23.5 Å². The van der Waals surface area contributed by atoms with Gasteiger partial charge in [0.25, 0.3) is 0 Å². The third-order valence-electron chi connectivity index (χ3n) is 2.66. The van der Waals surface area contributed by atoms with E-state index in [4.69, 9.17) is 21.4 Å². The summed E-state index contributed by atoms with van der Waals surface area (Å²) in [5.41, 5.74) is 6.54. The maximum Gasteiger partial charge on any atom is 0.339 e. The molecule has 1 aromatic carbocycles. The summed E-state index contributed by atoms with van der Waals surface area (Å²) in [6.45, 7) is 0. The van der Waals surface area contributed by atoms with Crippen molar-refractivity contribution in [1.29, 1.82) is 10.5 Å². The van der Waals surface area contributed by atoms with Crippen LogP contribution in [-0.4, -0.2) is 16.1 Å². The number of carboxylic acid groups (broad SMARTS) is 1. The first kappa shape index (κ1) is 13.8. The van der Waals surface area contributed by atoms with E-state index in [0.29, 0.717) is 5.69 Å². The highest BCUT2D eigenvalue weighted by molar-refractivity contribution is 5.95. The van der Waals surface area contributed by atoms with Crippen molar-refractivity contribution in [2.24, 2.45) is 0 Å². The summed E-state index contributed by atoms with van der Waals surface area (Å²) in [6.07, 6.45) is 1.32. The molecule has 0 aliphatic heterocycles. The third kappa shape index (κ3) is 2.88. The van der Waals surface area contributed by atoms with Crippen molar-refractivity contribution in [2.45, 2.75) is 0 Å². The summed E-state index contributed by atoms with van der Waals surface area (Å²) in [5, 5.41) is 29.7. The first-order chi connectivity index (χ1) is 10.0. The second kappa shape index (κ2) is 5.59. The van der Waals surface area contributed by atoms with Crippen LogP contribution < -0.4 is 11.1 Å². The number of pyridine rings is 1. The van der Waals surface area contributed by atoms with Gasteiger partial charge in [0.05, 0.1) is 23.0 Å². The van der Waals surface area contributed by atoms with Crippen molar-refractivity contribution in [3.8, 4) is 12.1 Å². The summed E-state index contributed by atoms with van der Waals surface area (Å²) in [6, 6.07) is 9.56. The Labute approximate surface area is 119 Å². The number of nitrogens with zero attached hydrogens (tertiary/aromatic N) is 3. The number of nitrogen functional groups attached to an aromatic ring is 1. The second-order valence-corrected chi connectivity index (χ2v) is 4.08. The van der Waals surface area contributed by atoms with E-state index in [9.17, 15) is 4.79 Å². The van der Waals surface area contributed by atoms with Gasteiger partial charge in [-0.05, 0) is 24.3 Å². The fraction of sp³-hybridized carbons (Fsp3) is 0. The number of carbonyl (C=O) groups is 1. The lowest BCUT2D eigenvalue weighted by atomic mass is 10.1. The number of carboxylic acids is 1. The molecule has 1 heterocycles. The van der Waals surface area contributed by atoms with Crippen molar-refractivity contribution < 1.29 is 9.90 Å². The summed E-state index contributed by atoms with van der Waals surface area (Å²) < 4.78 is 0. The summed E-state index contributed by atoms with van der Waals surface area (Å²) >= 11 is 0. The van der Waals surface area contributed by atoms with E-state index >= 15 is 0 Å². The Morgan fingerprint density at radius 3 is 2.57 bits per heavy atom. The Bertz CT molecular complexity index is 802. The number of nitrogens with two attached hydrogens (primary N) is 1. The molecule has 4 N–H and O–H groups in total. The lowest BCUT2D eigenvalue weighted by Gasteiger charge is -2.09. The molecule has 0 unspecified atom stereocenters. The largest absolute Gasteiger partial charge is 0.478 e. The zero-order valence-electron chi connectivity index (χ0n) is 10.7. The fourth-order valence-corrected chi connectivity index (χ4v) is 1.69. The van der Waals surface area contributed by atoms with Gasteiger partial charge >= 0.3 is 5.97 Å². The Morgan fingerprint density at radius 2 is 1.95 bits per heavy atom. The molecule has 0 saturated carbocycles. The molecule has 102 valence electrons. The van der Waals surface area contributed by atoms with E-state index in [0.717, 1.165) is 0 Å². The minimum Gasteiger partial charge on any atom is -0.478 e. The molecule has 21 heavy (non-hydrogen) atoms. The van der Waals surface area contributed by atoms with Gasteiger partial charge in [-0.15, -0.1) is 0 Å². The van der Waals surface area contributed by atoms with E-state index in [1.165, 1.54) is 24.4 Å². The summed E-state index contributed by atoms with van der Waals surface area (Å²) in [5.74, 6) is -1.07. The molecule has 1 aromatic heterocycles. The highest BCUT2D eigenvalue weighted by Gasteiger charge is 2.13. The average molecular weight is 279 g/mol.